The Morgan fingerprint density at radius 3 is 1.47 bits per heavy atom. The van der Waals surface area contributed by atoms with E-state index >= 15 is 0 Å². The number of rotatable bonds is 14. The molecule has 0 aliphatic heterocycles. The average Bonchev–Trinajstić information content (AvgIpc) is 3.15. The first-order valence-corrected chi connectivity index (χ1v) is 18.3. The summed E-state index contributed by atoms with van der Waals surface area (Å²) in [6.45, 7) is 11.0. The Hall–Kier alpha value is -7.15. The van der Waals surface area contributed by atoms with Gasteiger partial charge in [-0.05, 0) is 65.8 Å². The highest BCUT2D eigenvalue weighted by molar-refractivity contribution is 6.07. The minimum absolute atomic E-state index is 0.0974. The molecule has 0 aliphatic carbocycles. The summed E-state index contributed by atoms with van der Waals surface area (Å²) in [6, 6.07) is 20.1. The zero-order chi connectivity index (χ0) is 41.9. The Balaban J connectivity index is 1.33. The smallest absolute Gasteiger partial charge is 0.407 e. The highest BCUT2D eigenvalue weighted by atomic mass is 16.6. The molecule has 3 heterocycles. The first-order chi connectivity index (χ1) is 27.6. The van der Waals surface area contributed by atoms with E-state index in [9.17, 15) is 19.2 Å². The average molecular weight is 792 g/mol. The number of anilines is 2. The second-order valence-corrected chi connectivity index (χ2v) is 14.6. The minimum Gasteiger partial charge on any atom is -0.491 e. The van der Waals surface area contributed by atoms with Gasteiger partial charge in [-0.25, -0.2) is 24.5 Å². The molecule has 302 valence electrons. The molecular formula is C42H45N7O9. The van der Waals surface area contributed by atoms with Crippen LogP contribution in [0.5, 0.6) is 17.2 Å². The summed E-state index contributed by atoms with van der Waals surface area (Å²) in [6.07, 6.45) is 4.26. The van der Waals surface area contributed by atoms with E-state index in [2.05, 4.69) is 42.1 Å². The lowest BCUT2D eigenvalue weighted by Crippen LogP contribution is -2.34. The van der Waals surface area contributed by atoms with Crippen molar-refractivity contribution in [2.75, 3.05) is 43.5 Å². The Bertz CT molecular complexity index is 2200. The van der Waals surface area contributed by atoms with E-state index in [1.165, 1.54) is 12.1 Å². The van der Waals surface area contributed by atoms with Crippen molar-refractivity contribution in [2.45, 2.75) is 52.7 Å². The molecule has 0 saturated carbocycles. The number of aromatic nitrogens is 3. The quantitative estimate of drug-likeness (QED) is 0.0704. The molecular weight excluding hydrogens is 747 g/mol. The zero-order valence-electron chi connectivity index (χ0n) is 33.1. The number of pyridine rings is 3. The van der Waals surface area contributed by atoms with E-state index < -0.39 is 35.2 Å². The van der Waals surface area contributed by atoms with Crippen molar-refractivity contribution in [1.29, 1.82) is 0 Å². The van der Waals surface area contributed by atoms with Gasteiger partial charge < -0.3 is 45.0 Å². The number of carbonyl (C=O) groups is 4. The lowest BCUT2D eigenvalue weighted by Gasteiger charge is -2.19. The van der Waals surface area contributed by atoms with Crippen LogP contribution in [0, 0.1) is 12.3 Å². The summed E-state index contributed by atoms with van der Waals surface area (Å²) in [5.74, 6) is 2.13. The van der Waals surface area contributed by atoms with Crippen LogP contribution in [0.4, 0.5) is 21.2 Å². The predicted molar refractivity (Wildman–Crippen MR) is 217 cm³/mol. The van der Waals surface area contributed by atoms with Gasteiger partial charge in [0, 0.05) is 35.0 Å². The number of carbonyl (C=O) groups excluding carboxylic acids is 4. The van der Waals surface area contributed by atoms with Crippen LogP contribution in [0.3, 0.4) is 0 Å². The van der Waals surface area contributed by atoms with Gasteiger partial charge in [0.2, 0.25) is 0 Å². The van der Waals surface area contributed by atoms with Gasteiger partial charge in [0.25, 0.3) is 11.8 Å². The zero-order valence-corrected chi connectivity index (χ0v) is 33.1. The second-order valence-electron chi connectivity index (χ2n) is 14.6. The van der Waals surface area contributed by atoms with Crippen LogP contribution in [-0.2, 0) is 9.47 Å². The van der Waals surface area contributed by atoms with Crippen molar-refractivity contribution >= 4 is 57.4 Å². The van der Waals surface area contributed by atoms with Crippen molar-refractivity contribution in [2.24, 2.45) is 0 Å². The van der Waals surface area contributed by atoms with Crippen molar-refractivity contribution in [3.05, 3.63) is 84.2 Å². The van der Waals surface area contributed by atoms with Crippen LogP contribution in [0.2, 0.25) is 0 Å². The molecule has 5 aromatic rings. The topological polar surface area (TPSA) is 201 Å². The molecule has 2 aromatic carbocycles. The molecule has 16 nitrogen and oxygen atoms in total. The summed E-state index contributed by atoms with van der Waals surface area (Å²) in [7, 11) is 0. The standard InChI is InChI=1S/C42H45N7O9/c1-8-19-54-26-22-31(37(50)48-35-24-33(27-13-9-11-15-29(27)46-35)55-20-17-43-39(52)57-41(2,3)4)45-32(23-26)38(51)49-36-25-34(28-14-10-12-16-30(28)47-36)56-21-18-44-40(53)58-42(5,6)7/h1,9-16,22-25H,17-21H2,2-7H3,(H,43,52)(H,44,53)(H,46,48,50)(H,47,49,51). The fourth-order valence-electron chi connectivity index (χ4n) is 5.22. The van der Waals surface area contributed by atoms with Crippen molar-refractivity contribution < 1.29 is 42.9 Å². The number of ether oxygens (including phenoxy) is 5. The Labute approximate surface area is 335 Å². The van der Waals surface area contributed by atoms with Gasteiger partial charge in [-0.15, -0.1) is 6.42 Å². The second kappa shape index (κ2) is 18.7. The van der Waals surface area contributed by atoms with Gasteiger partial charge in [-0.1, -0.05) is 30.2 Å². The third-order valence-electron chi connectivity index (χ3n) is 7.48. The molecule has 4 N–H and O–H groups in total. The van der Waals surface area contributed by atoms with Gasteiger partial charge in [0.05, 0.1) is 24.1 Å². The first kappa shape index (κ1) is 42.0. The molecule has 0 radical (unpaired) electrons. The number of amides is 4. The number of terminal acetylenes is 1. The van der Waals surface area contributed by atoms with Crippen molar-refractivity contribution in [3.8, 4) is 29.6 Å². The first-order valence-electron chi connectivity index (χ1n) is 18.3. The van der Waals surface area contributed by atoms with Gasteiger partial charge in [0.1, 0.15) is 71.3 Å². The van der Waals surface area contributed by atoms with Gasteiger partial charge >= 0.3 is 12.2 Å². The highest BCUT2D eigenvalue weighted by Crippen LogP contribution is 2.29. The number of fused-ring (bicyclic) bond motifs is 2. The molecule has 16 heteroatoms. The largest absolute Gasteiger partial charge is 0.491 e. The minimum atomic E-state index is -0.708. The normalized spacial score (nSPS) is 11.2. The maximum Gasteiger partial charge on any atom is 0.407 e. The van der Waals surface area contributed by atoms with E-state index in [0.29, 0.717) is 33.3 Å². The maximum absolute atomic E-state index is 13.7. The third-order valence-corrected chi connectivity index (χ3v) is 7.48. The van der Waals surface area contributed by atoms with Crippen LogP contribution in [0.25, 0.3) is 21.8 Å². The van der Waals surface area contributed by atoms with E-state index in [1.54, 1.807) is 77.9 Å². The Morgan fingerprint density at radius 2 is 1.05 bits per heavy atom. The fraction of sp³-hybridized carbons (Fsp3) is 0.310. The molecule has 0 atom stereocenters. The van der Waals surface area contributed by atoms with Crippen LogP contribution >= 0.6 is 0 Å². The molecule has 0 saturated heterocycles. The van der Waals surface area contributed by atoms with E-state index in [4.69, 9.17) is 30.1 Å². The van der Waals surface area contributed by atoms with E-state index in [-0.39, 0.29) is 61.7 Å². The molecule has 4 amide bonds. The summed E-state index contributed by atoms with van der Waals surface area (Å²) in [4.78, 5) is 64.9. The molecule has 0 unspecified atom stereocenters. The molecule has 0 aliphatic rings. The highest BCUT2D eigenvalue weighted by Gasteiger charge is 2.20. The number of hydrogen-bond acceptors (Lipinski definition) is 12. The molecule has 0 fully saturated rings. The number of para-hydroxylation sites is 2. The monoisotopic (exact) mass is 791 g/mol. The predicted octanol–water partition coefficient (Wildman–Crippen LogP) is 6.50. The van der Waals surface area contributed by atoms with Gasteiger partial charge in [-0.3, -0.25) is 9.59 Å². The third kappa shape index (κ3) is 12.4. The Morgan fingerprint density at radius 1 is 0.621 bits per heavy atom. The van der Waals surface area contributed by atoms with Crippen LogP contribution < -0.4 is 35.5 Å². The van der Waals surface area contributed by atoms with E-state index in [1.807, 2.05) is 24.3 Å². The molecule has 5 rings (SSSR count). The summed E-state index contributed by atoms with van der Waals surface area (Å²) in [5.41, 5.74) is -0.588. The number of alkyl carbamates (subject to hydrolysis) is 2. The van der Waals surface area contributed by atoms with Crippen LogP contribution in [0.1, 0.15) is 62.5 Å². The van der Waals surface area contributed by atoms with E-state index in [0.717, 1.165) is 0 Å². The number of nitrogens with one attached hydrogen (secondary N) is 4. The van der Waals surface area contributed by atoms with Crippen LogP contribution in [0.15, 0.2) is 72.8 Å². The lowest BCUT2D eigenvalue weighted by molar-refractivity contribution is 0.0509. The van der Waals surface area contributed by atoms with Gasteiger partial charge in [-0.2, -0.15) is 0 Å². The summed E-state index contributed by atoms with van der Waals surface area (Å²) in [5, 5.41) is 12.1. The number of hydrogen-bond donors (Lipinski definition) is 4. The SMILES string of the molecule is C#CCOc1cc(C(=O)Nc2cc(OCCNC(=O)OC(C)(C)C)c3ccccc3n2)nc(C(=O)Nc2cc(OCCNC(=O)OC(C)(C)C)c3ccccc3n2)c1. The summed E-state index contributed by atoms with van der Waals surface area (Å²) < 4.78 is 28.1. The number of nitrogens with zero attached hydrogens (tertiary/aromatic N) is 3. The summed E-state index contributed by atoms with van der Waals surface area (Å²) >= 11 is 0. The molecule has 0 spiro atoms. The van der Waals surface area contributed by atoms with Crippen molar-refractivity contribution in [1.82, 2.24) is 25.6 Å². The molecule has 58 heavy (non-hydrogen) atoms. The lowest BCUT2D eigenvalue weighted by atomic mass is 10.2. The Kier molecular flexibility index (Phi) is 13.5. The molecule has 3 aromatic heterocycles. The fourth-order valence-corrected chi connectivity index (χ4v) is 5.22. The number of benzene rings is 2. The maximum atomic E-state index is 13.7. The van der Waals surface area contributed by atoms with Gasteiger partial charge in [0.15, 0.2) is 0 Å². The van der Waals surface area contributed by atoms with Crippen molar-refractivity contribution in [3.63, 3.8) is 0 Å². The van der Waals surface area contributed by atoms with Crippen LogP contribution in [-0.4, -0.2) is 83.1 Å². The molecule has 0 bridgehead atoms.